The molecule has 0 spiro atoms. The average Bonchev–Trinajstić information content (AvgIpc) is 2.87. The molecule has 1 aromatic heterocycles. The normalized spacial score (nSPS) is 27.7. The second kappa shape index (κ2) is 7.71. The van der Waals surface area contributed by atoms with Crippen molar-refractivity contribution in [2.45, 2.75) is 44.8 Å². The first-order valence-corrected chi connectivity index (χ1v) is 7.57. The van der Waals surface area contributed by atoms with Crippen molar-refractivity contribution >= 4 is 11.8 Å². The minimum atomic E-state index is -1.39. The van der Waals surface area contributed by atoms with E-state index in [4.69, 9.17) is 14.7 Å². The van der Waals surface area contributed by atoms with E-state index in [1.165, 1.54) is 12.3 Å². The molecule has 134 valence electrons. The van der Waals surface area contributed by atoms with Crippen LogP contribution < -0.4 is 11.2 Å². The third-order valence-corrected chi connectivity index (χ3v) is 3.89. The monoisotopic (exact) mass is 343 g/mol. The van der Waals surface area contributed by atoms with Crippen molar-refractivity contribution in [2.75, 3.05) is 12.1 Å². The summed E-state index contributed by atoms with van der Waals surface area (Å²) in [6.45, 7) is 3.05. The molecule has 0 saturated carbocycles. The molecule has 1 aromatic rings. The van der Waals surface area contributed by atoms with Gasteiger partial charge < -0.3 is 24.9 Å². The molecule has 0 unspecified atom stereocenters. The summed E-state index contributed by atoms with van der Waals surface area (Å²) >= 11 is 0. The molecule has 0 aromatic carbocycles. The maximum atomic E-state index is 12.0. The van der Waals surface area contributed by atoms with Gasteiger partial charge in [-0.2, -0.15) is 4.98 Å². The molecular formula is C14H21N3O7. The second-order valence-corrected chi connectivity index (χ2v) is 5.56. The highest BCUT2D eigenvalue weighted by molar-refractivity contribution is 5.72. The van der Waals surface area contributed by atoms with Gasteiger partial charge in [0.1, 0.15) is 18.3 Å². The van der Waals surface area contributed by atoms with E-state index in [1.54, 1.807) is 6.92 Å². The lowest BCUT2D eigenvalue weighted by atomic mass is 10.1. The number of nitrogens with zero attached hydrogens (tertiary/aromatic N) is 2. The van der Waals surface area contributed by atoms with Crippen LogP contribution in [0.3, 0.4) is 0 Å². The number of hydrogen-bond donors (Lipinski definition) is 4. The summed E-state index contributed by atoms with van der Waals surface area (Å²) < 4.78 is 6.23. The quantitative estimate of drug-likeness (QED) is 0.467. The smallest absolute Gasteiger partial charge is 0.351 e. The minimum Gasteiger partial charge on any atom is -0.394 e. The number of aliphatic hydroxyl groups excluding tert-OH is 3. The van der Waals surface area contributed by atoms with Gasteiger partial charge in [0.15, 0.2) is 12.0 Å². The Morgan fingerprint density at radius 1 is 1.50 bits per heavy atom. The van der Waals surface area contributed by atoms with Gasteiger partial charge in [0.25, 0.3) is 0 Å². The van der Waals surface area contributed by atoms with Crippen molar-refractivity contribution in [3.05, 3.63) is 22.7 Å². The van der Waals surface area contributed by atoms with Crippen LogP contribution in [0.25, 0.3) is 0 Å². The number of carbonyl (C=O) groups is 1. The Hall–Kier alpha value is -2.01. The molecule has 10 nitrogen and oxygen atoms in total. The summed E-state index contributed by atoms with van der Waals surface area (Å²) in [4.78, 5) is 32.1. The zero-order chi connectivity index (χ0) is 17.9. The van der Waals surface area contributed by atoms with E-state index >= 15 is 0 Å². The number of aromatic nitrogens is 2. The predicted octanol–water partition coefficient (Wildman–Crippen LogP) is -1.23. The zero-order valence-corrected chi connectivity index (χ0v) is 13.3. The first kappa shape index (κ1) is 18.3. The predicted molar refractivity (Wildman–Crippen MR) is 80.7 cm³/mol. The average molecular weight is 343 g/mol. The van der Waals surface area contributed by atoms with Crippen molar-refractivity contribution in [3.8, 4) is 0 Å². The molecule has 4 N–H and O–H groups in total. The number of ether oxygens (including phenoxy) is 1. The molecule has 10 heteroatoms. The lowest BCUT2D eigenvalue weighted by molar-refractivity contribution is -0.145. The van der Waals surface area contributed by atoms with Crippen LogP contribution in [-0.4, -0.2) is 55.8 Å². The fourth-order valence-electron chi connectivity index (χ4n) is 2.14. The Balaban J connectivity index is 2.08. The van der Waals surface area contributed by atoms with Gasteiger partial charge in [-0.15, -0.1) is 0 Å². The van der Waals surface area contributed by atoms with Crippen molar-refractivity contribution in [1.29, 1.82) is 0 Å². The van der Waals surface area contributed by atoms with E-state index in [1.807, 2.05) is 6.92 Å². The van der Waals surface area contributed by atoms with E-state index in [0.717, 1.165) is 4.57 Å². The van der Waals surface area contributed by atoms with Crippen molar-refractivity contribution in [1.82, 2.24) is 9.55 Å². The van der Waals surface area contributed by atoms with Crippen molar-refractivity contribution in [3.63, 3.8) is 0 Å². The fourth-order valence-corrected chi connectivity index (χ4v) is 2.14. The number of carbonyl (C=O) groups excluding carboxylic acids is 1. The molecule has 2 rings (SSSR count). The third kappa shape index (κ3) is 3.73. The van der Waals surface area contributed by atoms with E-state index in [9.17, 15) is 19.8 Å². The molecule has 0 bridgehead atoms. The summed E-state index contributed by atoms with van der Waals surface area (Å²) in [5.41, 5.74) is 1.51. The molecular weight excluding hydrogens is 322 g/mol. The minimum absolute atomic E-state index is 0.0136. The lowest BCUT2D eigenvalue weighted by Crippen LogP contribution is -2.36. The van der Waals surface area contributed by atoms with E-state index in [-0.39, 0.29) is 11.7 Å². The summed E-state index contributed by atoms with van der Waals surface area (Å²) in [6.07, 6.45) is -2.99. The van der Waals surface area contributed by atoms with Gasteiger partial charge in [-0.1, -0.05) is 13.8 Å². The van der Waals surface area contributed by atoms with Crippen LogP contribution in [0.15, 0.2) is 17.1 Å². The lowest BCUT2D eigenvalue weighted by Gasteiger charge is -2.17. The fraction of sp³-hybridized carbons (Fsp3) is 0.643. The molecule has 5 atom stereocenters. The Kier molecular flexibility index (Phi) is 5.89. The summed E-state index contributed by atoms with van der Waals surface area (Å²) in [6, 6.07) is 1.35. The number of hydrogen-bond acceptors (Lipinski definition) is 9. The van der Waals surface area contributed by atoms with Gasteiger partial charge >= 0.3 is 11.7 Å². The van der Waals surface area contributed by atoms with Gasteiger partial charge in [0.05, 0.1) is 12.5 Å². The molecule has 24 heavy (non-hydrogen) atoms. The highest BCUT2D eigenvalue weighted by Crippen LogP contribution is 2.28. The van der Waals surface area contributed by atoms with Crippen LogP contribution in [-0.2, 0) is 14.4 Å². The van der Waals surface area contributed by atoms with Crippen LogP contribution in [0, 0.1) is 5.92 Å². The van der Waals surface area contributed by atoms with Gasteiger partial charge in [-0.05, 0) is 6.42 Å². The topological polar surface area (TPSA) is 143 Å². The number of aliphatic hydroxyl groups is 3. The largest absolute Gasteiger partial charge is 0.394 e. The number of rotatable bonds is 6. The standard InChI is InChI=1S/C14H21N3O7/c1-3-7(2)13(21)24-16-9-4-5-17(14(22)15-9)12-11(20)10(19)8(6-18)23-12/h4-5,7-8,10-12,18-20H,3,6H2,1-2H3,(H,15,16,22)/t7-,8+,10+,11+,12+/m0/s1. The number of anilines is 1. The maximum absolute atomic E-state index is 12.0. The summed E-state index contributed by atoms with van der Waals surface area (Å²) in [7, 11) is 0. The molecule has 0 radical (unpaired) electrons. The van der Waals surface area contributed by atoms with Gasteiger partial charge in [0.2, 0.25) is 0 Å². The molecule has 1 saturated heterocycles. The summed E-state index contributed by atoms with van der Waals surface area (Å²) in [5.74, 6) is -0.761. The first-order chi connectivity index (χ1) is 11.4. The highest BCUT2D eigenvalue weighted by atomic mass is 16.7. The van der Waals surface area contributed by atoms with Gasteiger partial charge in [-0.25, -0.2) is 15.1 Å². The SMILES string of the molecule is CC[C@H](C)C(=O)ONc1ccn([C@@H]2O[C@H](CO)[C@@H](O)[C@H]2O)c(=O)n1. The van der Waals surface area contributed by atoms with Crippen molar-refractivity contribution in [2.24, 2.45) is 5.92 Å². The Bertz CT molecular complexity index is 635. The molecule has 2 heterocycles. The van der Waals surface area contributed by atoms with Crippen LogP contribution >= 0.6 is 0 Å². The van der Waals surface area contributed by atoms with E-state index in [0.29, 0.717) is 6.42 Å². The number of nitrogens with one attached hydrogen (secondary N) is 1. The first-order valence-electron chi connectivity index (χ1n) is 7.57. The zero-order valence-electron chi connectivity index (χ0n) is 13.3. The molecule has 0 amide bonds. The third-order valence-electron chi connectivity index (χ3n) is 3.89. The van der Waals surface area contributed by atoms with E-state index < -0.39 is 42.8 Å². The van der Waals surface area contributed by atoms with Gasteiger partial charge in [-0.3, -0.25) is 4.57 Å². The van der Waals surface area contributed by atoms with Crippen LogP contribution in [0.2, 0.25) is 0 Å². The second-order valence-electron chi connectivity index (χ2n) is 5.56. The van der Waals surface area contributed by atoms with Crippen LogP contribution in [0.1, 0.15) is 26.5 Å². The molecule has 1 aliphatic heterocycles. The highest BCUT2D eigenvalue weighted by Gasteiger charge is 2.43. The Morgan fingerprint density at radius 3 is 2.75 bits per heavy atom. The summed E-state index contributed by atoms with van der Waals surface area (Å²) in [5, 5.41) is 28.7. The van der Waals surface area contributed by atoms with Crippen molar-refractivity contribution < 1.29 is 29.7 Å². The Labute approximate surface area is 137 Å². The van der Waals surface area contributed by atoms with Crippen LogP contribution in [0.4, 0.5) is 5.82 Å². The maximum Gasteiger partial charge on any atom is 0.351 e. The van der Waals surface area contributed by atoms with E-state index in [2.05, 4.69) is 10.5 Å². The van der Waals surface area contributed by atoms with Crippen LogP contribution in [0.5, 0.6) is 0 Å². The Morgan fingerprint density at radius 2 is 2.21 bits per heavy atom. The van der Waals surface area contributed by atoms with Gasteiger partial charge in [0, 0.05) is 12.3 Å². The molecule has 1 fully saturated rings. The molecule has 0 aliphatic carbocycles. The molecule has 1 aliphatic rings.